The van der Waals surface area contributed by atoms with Crippen LogP contribution < -0.4 is 16.0 Å². The van der Waals surface area contributed by atoms with Crippen molar-refractivity contribution in [3.05, 3.63) is 52.8 Å². The van der Waals surface area contributed by atoms with Gasteiger partial charge >= 0.3 is 0 Å². The Morgan fingerprint density at radius 3 is 2.84 bits per heavy atom. The van der Waals surface area contributed by atoms with Crippen molar-refractivity contribution in [2.24, 2.45) is 0 Å². The largest absolute Gasteiger partial charge is 0.349 e. The molecule has 0 spiro atoms. The zero-order chi connectivity index (χ0) is 17.9. The molecule has 134 valence electrons. The van der Waals surface area contributed by atoms with Crippen LogP contribution in [-0.4, -0.2) is 34.7 Å². The van der Waals surface area contributed by atoms with Gasteiger partial charge < -0.3 is 16.0 Å². The third-order valence-corrected chi connectivity index (χ3v) is 4.62. The normalized spacial score (nSPS) is 15.5. The van der Waals surface area contributed by atoms with Gasteiger partial charge in [0.1, 0.15) is 0 Å². The Morgan fingerprint density at radius 2 is 2.08 bits per heavy atom. The first-order chi connectivity index (χ1) is 12.0. The van der Waals surface area contributed by atoms with Crippen LogP contribution in [0.3, 0.4) is 0 Å². The molecule has 0 fully saturated rings. The zero-order valence-corrected chi connectivity index (χ0v) is 15.1. The Balaban J connectivity index is 1.58. The van der Waals surface area contributed by atoms with E-state index in [2.05, 4.69) is 59.1 Å². The first-order valence-corrected chi connectivity index (χ1v) is 8.84. The van der Waals surface area contributed by atoms with Gasteiger partial charge in [0.15, 0.2) is 5.69 Å². The van der Waals surface area contributed by atoms with E-state index in [0.29, 0.717) is 18.8 Å². The second kappa shape index (κ2) is 7.37. The maximum atomic E-state index is 12.5. The highest BCUT2D eigenvalue weighted by atomic mass is 16.1. The minimum atomic E-state index is -0.237. The number of rotatable bonds is 6. The van der Waals surface area contributed by atoms with Crippen molar-refractivity contribution >= 4 is 5.91 Å². The number of nitrogens with one attached hydrogen (secondary N) is 4. The zero-order valence-electron chi connectivity index (χ0n) is 15.1. The van der Waals surface area contributed by atoms with E-state index < -0.39 is 0 Å². The molecule has 0 radical (unpaired) electrons. The standard InChI is InChI=1S/C19H27N5O/c1-13(14-7-5-4-6-8-14)22-19(2,3)12-21-18(25)17-15-11-20-10-9-16(15)23-24-17/h4-8,13,20,22H,9-12H2,1-3H3,(H,21,25)(H,23,24). The van der Waals surface area contributed by atoms with E-state index in [4.69, 9.17) is 0 Å². The monoisotopic (exact) mass is 341 g/mol. The molecule has 2 aromatic rings. The van der Waals surface area contributed by atoms with Crippen LogP contribution >= 0.6 is 0 Å². The molecular weight excluding hydrogens is 314 g/mol. The molecule has 1 aliphatic rings. The number of benzene rings is 1. The number of H-pyrrole nitrogens is 1. The van der Waals surface area contributed by atoms with Gasteiger partial charge in [-0.1, -0.05) is 30.3 Å². The summed E-state index contributed by atoms with van der Waals surface area (Å²) >= 11 is 0. The van der Waals surface area contributed by atoms with Crippen LogP contribution in [0, 0.1) is 0 Å². The van der Waals surface area contributed by atoms with Gasteiger partial charge in [0.2, 0.25) is 0 Å². The van der Waals surface area contributed by atoms with E-state index in [1.807, 2.05) is 18.2 Å². The summed E-state index contributed by atoms with van der Waals surface area (Å²) in [5, 5.41) is 17.1. The molecule has 1 aromatic carbocycles. The van der Waals surface area contributed by atoms with Gasteiger partial charge in [-0.05, 0) is 26.3 Å². The number of nitrogens with zero attached hydrogens (tertiary/aromatic N) is 1. The molecule has 3 rings (SSSR count). The summed E-state index contributed by atoms with van der Waals surface area (Å²) in [6, 6.07) is 10.5. The van der Waals surface area contributed by atoms with E-state index >= 15 is 0 Å². The van der Waals surface area contributed by atoms with Gasteiger partial charge in [-0.3, -0.25) is 9.89 Å². The average molecular weight is 341 g/mol. The molecule has 1 aliphatic heterocycles. The Labute approximate surface area is 148 Å². The predicted molar refractivity (Wildman–Crippen MR) is 98.4 cm³/mol. The van der Waals surface area contributed by atoms with Crippen molar-refractivity contribution in [1.29, 1.82) is 0 Å². The van der Waals surface area contributed by atoms with E-state index in [1.165, 1.54) is 5.56 Å². The van der Waals surface area contributed by atoms with Crippen LogP contribution in [0.4, 0.5) is 0 Å². The first-order valence-electron chi connectivity index (χ1n) is 8.84. The van der Waals surface area contributed by atoms with Gasteiger partial charge in [-0.25, -0.2) is 0 Å². The summed E-state index contributed by atoms with van der Waals surface area (Å²) in [6.07, 6.45) is 0.886. The predicted octanol–water partition coefficient (Wildman–Crippen LogP) is 1.91. The molecule has 4 N–H and O–H groups in total. The minimum Gasteiger partial charge on any atom is -0.349 e. The van der Waals surface area contributed by atoms with Crippen LogP contribution in [0.25, 0.3) is 0 Å². The molecule has 1 aromatic heterocycles. The highest BCUT2D eigenvalue weighted by molar-refractivity contribution is 5.94. The fraction of sp³-hybridized carbons (Fsp3) is 0.474. The number of aromatic amines is 1. The number of carbonyl (C=O) groups excluding carboxylic acids is 1. The quantitative estimate of drug-likeness (QED) is 0.647. The Bertz CT molecular complexity index is 723. The molecule has 2 heterocycles. The summed E-state index contributed by atoms with van der Waals surface area (Å²) in [5.41, 5.74) is 3.56. The Kier molecular flexibility index (Phi) is 5.20. The number of aromatic nitrogens is 2. The smallest absolute Gasteiger partial charge is 0.272 e. The third kappa shape index (κ3) is 4.27. The van der Waals surface area contributed by atoms with Gasteiger partial charge in [0.25, 0.3) is 5.91 Å². The van der Waals surface area contributed by atoms with E-state index in [-0.39, 0.29) is 17.5 Å². The lowest BCUT2D eigenvalue weighted by atomic mass is 10.0. The maximum absolute atomic E-state index is 12.5. The molecule has 1 unspecified atom stereocenters. The van der Waals surface area contributed by atoms with Crippen LogP contribution in [0.1, 0.15) is 54.1 Å². The number of hydrogen-bond acceptors (Lipinski definition) is 4. The van der Waals surface area contributed by atoms with Gasteiger partial charge in [0.05, 0.1) is 0 Å². The number of carbonyl (C=O) groups is 1. The molecule has 0 aliphatic carbocycles. The van der Waals surface area contributed by atoms with Crippen LogP contribution in [0.5, 0.6) is 0 Å². The van der Waals surface area contributed by atoms with Gasteiger partial charge in [-0.15, -0.1) is 0 Å². The van der Waals surface area contributed by atoms with Crippen molar-refractivity contribution in [2.45, 2.75) is 45.3 Å². The highest BCUT2D eigenvalue weighted by Crippen LogP contribution is 2.17. The summed E-state index contributed by atoms with van der Waals surface area (Å²) < 4.78 is 0. The van der Waals surface area contributed by atoms with Crippen LogP contribution in [-0.2, 0) is 13.0 Å². The Hall–Kier alpha value is -2.18. The molecule has 6 nitrogen and oxygen atoms in total. The van der Waals surface area contributed by atoms with Gasteiger partial charge in [0, 0.05) is 48.9 Å². The minimum absolute atomic E-state index is 0.122. The van der Waals surface area contributed by atoms with Crippen molar-refractivity contribution in [1.82, 2.24) is 26.1 Å². The number of fused-ring (bicyclic) bond motifs is 1. The second-order valence-electron chi connectivity index (χ2n) is 7.30. The van der Waals surface area contributed by atoms with E-state index in [1.54, 1.807) is 0 Å². The summed E-state index contributed by atoms with van der Waals surface area (Å²) in [4.78, 5) is 12.5. The fourth-order valence-corrected chi connectivity index (χ4v) is 3.26. The summed E-state index contributed by atoms with van der Waals surface area (Å²) in [6.45, 7) is 8.46. The SMILES string of the molecule is CC(NC(C)(C)CNC(=O)c1n[nH]c2c1CNCC2)c1ccccc1. The first kappa shape index (κ1) is 17.6. The molecule has 0 bridgehead atoms. The fourth-order valence-electron chi connectivity index (χ4n) is 3.26. The number of amides is 1. The van der Waals surface area contributed by atoms with E-state index in [9.17, 15) is 4.79 Å². The molecule has 0 saturated heterocycles. The molecule has 25 heavy (non-hydrogen) atoms. The average Bonchev–Trinajstić information content (AvgIpc) is 3.04. The van der Waals surface area contributed by atoms with Crippen LogP contribution in [0.2, 0.25) is 0 Å². The summed E-state index contributed by atoms with van der Waals surface area (Å²) in [5.74, 6) is -0.122. The maximum Gasteiger partial charge on any atom is 0.272 e. The van der Waals surface area contributed by atoms with Crippen molar-refractivity contribution in [3.8, 4) is 0 Å². The molecule has 0 saturated carbocycles. The van der Waals surface area contributed by atoms with Gasteiger partial charge in [-0.2, -0.15) is 5.10 Å². The Morgan fingerprint density at radius 1 is 1.32 bits per heavy atom. The highest BCUT2D eigenvalue weighted by Gasteiger charge is 2.25. The van der Waals surface area contributed by atoms with Crippen LogP contribution in [0.15, 0.2) is 30.3 Å². The van der Waals surface area contributed by atoms with Crippen molar-refractivity contribution in [2.75, 3.05) is 13.1 Å². The molecule has 1 atom stereocenters. The second-order valence-corrected chi connectivity index (χ2v) is 7.30. The molecule has 1 amide bonds. The summed E-state index contributed by atoms with van der Waals surface area (Å²) in [7, 11) is 0. The lowest BCUT2D eigenvalue weighted by Crippen LogP contribution is -2.50. The van der Waals surface area contributed by atoms with Crippen molar-refractivity contribution in [3.63, 3.8) is 0 Å². The lowest BCUT2D eigenvalue weighted by Gasteiger charge is -2.30. The molecular formula is C19H27N5O. The topological polar surface area (TPSA) is 81.8 Å². The number of hydrogen-bond donors (Lipinski definition) is 4. The third-order valence-electron chi connectivity index (χ3n) is 4.62. The van der Waals surface area contributed by atoms with Crippen molar-refractivity contribution < 1.29 is 4.79 Å². The van der Waals surface area contributed by atoms with E-state index in [0.717, 1.165) is 24.2 Å². The lowest BCUT2D eigenvalue weighted by molar-refractivity contribution is 0.0934. The molecule has 6 heteroatoms.